The van der Waals surface area contributed by atoms with Gasteiger partial charge in [0.1, 0.15) is 11.5 Å². The van der Waals surface area contributed by atoms with Crippen molar-refractivity contribution in [3.05, 3.63) is 119 Å². The summed E-state index contributed by atoms with van der Waals surface area (Å²) in [5.41, 5.74) is 6.31. The lowest BCUT2D eigenvalue weighted by Gasteiger charge is -2.40. The predicted molar refractivity (Wildman–Crippen MR) is 168 cm³/mol. The maximum atomic E-state index is 6.57. The number of nitrogens with one attached hydrogen (secondary N) is 1. The number of ether oxygens (including phenoxy) is 2. The summed E-state index contributed by atoms with van der Waals surface area (Å²) in [6, 6.07) is 31.4. The third-order valence-corrected chi connectivity index (χ3v) is 7.70. The van der Waals surface area contributed by atoms with Crippen LogP contribution in [-0.2, 0) is 0 Å². The Kier molecular flexibility index (Phi) is 6.40. The molecule has 0 aliphatic carbocycles. The number of hydrogen-bond donors (Lipinski definition) is 1. The van der Waals surface area contributed by atoms with Crippen LogP contribution in [0.2, 0.25) is 5.02 Å². The molecule has 208 valence electrons. The molecule has 7 rings (SSSR count). The van der Waals surface area contributed by atoms with Crippen molar-refractivity contribution in [1.82, 2.24) is 9.78 Å². The fourth-order valence-electron chi connectivity index (χ4n) is 5.57. The molecule has 4 aromatic carbocycles. The number of nitrogens with zero attached hydrogens (tertiary/aromatic N) is 5. The molecule has 0 saturated heterocycles. The van der Waals surface area contributed by atoms with Gasteiger partial charge in [-0.25, -0.2) is 14.7 Å². The molecule has 5 aromatic rings. The molecule has 2 aliphatic rings. The number of amidine groups is 2. The van der Waals surface area contributed by atoms with Crippen LogP contribution in [0.15, 0.2) is 107 Å². The number of aromatic nitrogens is 2. The maximum Gasteiger partial charge on any atom is 0.179 e. The van der Waals surface area contributed by atoms with Gasteiger partial charge < -0.3 is 19.7 Å². The van der Waals surface area contributed by atoms with E-state index in [0.717, 1.165) is 45.4 Å². The van der Waals surface area contributed by atoms with Crippen LogP contribution < -0.4 is 19.7 Å². The van der Waals surface area contributed by atoms with Gasteiger partial charge in [-0.3, -0.25) is 0 Å². The van der Waals surface area contributed by atoms with Crippen LogP contribution in [0.3, 0.4) is 0 Å². The van der Waals surface area contributed by atoms with E-state index in [1.54, 1.807) is 14.2 Å². The molecule has 1 atom stereocenters. The lowest BCUT2D eigenvalue weighted by molar-refractivity contribution is 0.395. The first-order valence-electron chi connectivity index (χ1n) is 13.5. The van der Waals surface area contributed by atoms with Gasteiger partial charge in [0.05, 0.1) is 48.7 Å². The first kappa shape index (κ1) is 25.9. The molecule has 0 saturated carbocycles. The second-order valence-corrected chi connectivity index (χ2v) is 10.4. The highest BCUT2D eigenvalue weighted by Gasteiger charge is 2.41. The van der Waals surface area contributed by atoms with Gasteiger partial charge in [0, 0.05) is 16.7 Å². The fourth-order valence-corrected chi connectivity index (χ4v) is 5.77. The molecule has 3 heterocycles. The summed E-state index contributed by atoms with van der Waals surface area (Å²) in [5, 5.41) is 9.16. The van der Waals surface area contributed by atoms with E-state index in [9.17, 15) is 0 Å². The monoisotopic (exact) mass is 574 g/mol. The summed E-state index contributed by atoms with van der Waals surface area (Å²) < 4.78 is 13.0. The summed E-state index contributed by atoms with van der Waals surface area (Å²) in [5.74, 6) is 3.29. The molecule has 0 amide bonds. The van der Waals surface area contributed by atoms with E-state index in [1.807, 2.05) is 96.5 Å². The van der Waals surface area contributed by atoms with E-state index in [1.165, 1.54) is 0 Å². The number of para-hydroxylation sites is 3. The van der Waals surface area contributed by atoms with E-state index in [4.69, 9.17) is 36.2 Å². The molecule has 0 bridgehead atoms. The van der Waals surface area contributed by atoms with Crippen LogP contribution in [-0.4, -0.2) is 35.7 Å². The molecule has 1 N–H and O–H groups in total. The molecule has 9 heteroatoms. The molecule has 0 spiro atoms. The Morgan fingerprint density at radius 1 is 0.833 bits per heavy atom. The minimum absolute atomic E-state index is 0.269. The summed E-state index contributed by atoms with van der Waals surface area (Å²) >= 11 is 6.57. The minimum atomic E-state index is -0.269. The topological polar surface area (TPSA) is 76.3 Å². The number of aryl methyl sites for hydroxylation is 1. The molecular weight excluding hydrogens is 548 g/mol. The van der Waals surface area contributed by atoms with Gasteiger partial charge in [-0.2, -0.15) is 5.10 Å². The number of anilines is 2. The van der Waals surface area contributed by atoms with Crippen molar-refractivity contribution in [2.75, 3.05) is 24.4 Å². The first-order valence-corrected chi connectivity index (χ1v) is 13.9. The van der Waals surface area contributed by atoms with Crippen molar-refractivity contribution < 1.29 is 9.47 Å². The van der Waals surface area contributed by atoms with Crippen molar-refractivity contribution in [3.63, 3.8) is 0 Å². The normalized spacial score (nSPS) is 15.1. The quantitative estimate of drug-likeness (QED) is 0.233. The van der Waals surface area contributed by atoms with Gasteiger partial charge in [-0.05, 0) is 61.0 Å². The van der Waals surface area contributed by atoms with Crippen LogP contribution in [0, 0.1) is 6.92 Å². The summed E-state index contributed by atoms with van der Waals surface area (Å²) in [4.78, 5) is 12.6. The Bertz CT molecular complexity index is 1880. The Morgan fingerprint density at radius 2 is 1.64 bits per heavy atom. The molecule has 0 fully saturated rings. The number of fused-ring (bicyclic) bond motifs is 4. The van der Waals surface area contributed by atoms with E-state index < -0.39 is 0 Å². The molecule has 2 aliphatic heterocycles. The number of halogens is 1. The van der Waals surface area contributed by atoms with Crippen LogP contribution in [0.25, 0.3) is 5.69 Å². The number of methoxy groups -OCH3 is 2. The van der Waals surface area contributed by atoms with Crippen LogP contribution in [0.4, 0.5) is 22.9 Å². The largest absolute Gasteiger partial charge is 0.497 e. The van der Waals surface area contributed by atoms with E-state index in [0.29, 0.717) is 28.2 Å². The Morgan fingerprint density at radius 3 is 2.43 bits per heavy atom. The molecule has 8 nitrogen and oxygen atoms in total. The number of rotatable bonds is 5. The van der Waals surface area contributed by atoms with Gasteiger partial charge >= 0.3 is 0 Å². The summed E-state index contributed by atoms with van der Waals surface area (Å²) in [7, 11) is 3.26. The molecule has 1 aromatic heterocycles. The van der Waals surface area contributed by atoms with Crippen molar-refractivity contribution in [2.45, 2.75) is 13.0 Å². The number of benzene rings is 4. The molecule has 0 radical (unpaired) electrons. The standard InChI is InChI=1S/C33H27ClN6O2/c1-20-29-30(21-10-9-11-22(34)18-21)39-27-15-8-7-14-25(27)35-31(36-26-17-16-24(41-2)19-28(26)42-3)33(39)37-32(29)40(38-20)23-12-5-4-6-13-23/h4-19,30H,1-3H3,(H,35,36)/t30-/m1/s1. The summed E-state index contributed by atoms with van der Waals surface area (Å²) in [6.45, 7) is 2.03. The maximum absolute atomic E-state index is 6.57. The smallest absolute Gasteiger partial charge is 0.179 e. The highest BCUT2D eigenvalue weighted by Crippen LogP contribution is 2.48. The average molecular weight is 575 g/mol. The lowest BCUT2D eigenvalue weighted by Crippen LogP contribution is -2.46. The third-order valence-electron chi connectivity index (χ3n) is 7.47. The van der Waals surface area contributed by atoms with Crippen LogP contribution in [0.5, 0.6) is 11.5 Å². The van der Waals surface area contributed by atoms with Gasteiger partial charge in [-0.15, -0.1) is 0 Å². The van der Waals surface area contributed by atoms with Gasteiger partial charge in [-0.1, -0.05) is 54.1 Å². The zero-order valence-corrected chi connectivity index (χ0v) is 24.0. The molecular formula is C33H27ClN6O2. The van der Waals surface area contributed by atoms with Crippen molar-refractivity contribution in [2.24, 2.45) is 9.98 Å². The Balaban J connectivity index is 1.48. The highest BCUT2D eigenvalue weighted by atomic mass is 35.5. The fraction of sp³-hybridized carbons (Fsp3) is 0.121. The zero-order chi connectivity index (χ0) is 28.8. The SMILES string of the molecule is COc1ccc(NC2=Nc3ccccc3N3C2=Nc2c(c(C)nn2-c2ccccc2)[C@H]3c2cccc(Cl)c2)c(OC)c1. The predicted octanol–water partition coefficient (Wildman–Crippen LogP) is 7.65. The molecule has 42 heavy (non-hydrogen) atoms. The van der Waals surface area contributed by atoms with Gasteiger partial charge in [0.2, 0.25) is 0 Å². The highest BCUT2D eigenvalue weighted by molar-refractivity contribution is 6.51. The van der Waals surface area contributed by atoms with E-state index in [-0.39, 0.29) is 6.04 Å². The average Bonchev–Trinajstić information content (AvgIpc) is 3.36. The second-order valence-electron chi connectivity index (χ2n) is 9.97. The van der Waals surface area contributed by atoms with Crippen LogP contribution >= 0.6 is 11.6 Å². The van der Waals surface area contributed by atoms with E-state index >= 15 is 0 Å². The van der Waals surface area contributed by atoms with Crippen molar-refractivity contribution in [3.8, 4) is 17.2 Å². The van der Waals surface area contributed by atoms with E-state index in [2.05, 4.69) is 22.3 Å². The van der Waals surface area contributed by atoms with Crippen molar-refractivity contribution >= 4 is 46.2 Å². The number of aliphatic imine (C=N–C) groups is 2. The number of hydrogen-bond acceptors (Lipinski definition) is 7. The summed E-state index contributed by atoms with van der Waals surface area (Å²) in [6.07, 6.45) is 0. The third kappa shape index (κ3) is 4.28. The Hall–Kier alpha value is -5.08. The lowest BCUT2D eigenvalue weighted by atomic mass is 9.93. The van der Waals surface area contributed by atoms with Crippen molar-refractivity contribution in [1.29, 1.82) is 0 Å². The molecule has 0 unspecified atom stereocenters. The van der Waals surface area contributed by atoms with Gasteiger partial charge in [0.25, 0.3) is 0 Å². The van der Waals surface area contributed by atoms with Crippen LogP contribution in [0.1, 0.15) is 22.9 Å². The van der Waals surface area contributed by atoms with Gasteiger partial charge in [0.15, 0.2) is 17.5 Å². The Labute approximate surface area is 248 Å². The minimum Gasteiger partial charge on any atom is -0.497 e. The second kappa shape index (κ2) is 10.4. The zero-order valence-electron chi connectivity index (χ0n) is 23.2. The first-order chi connectivity index (χ1) is 20.6.